The number of nitrogens with zero attached hydrogens (tertiary/aromatic N) is 1. The van der Waals surface area contributed by atoms with Crippen LogP contribution in [0.2, 0.25) is 0 Å². The molecule has 0 spiro atoms. The molecule has 0 radical (unpaired) electrons. The van der Waals surface area contributed by atoms with Crippen LogP contribution in [-0.2, 0) is 0 Å². The Bertz CT molecular complexity index is 482. The number of aliphatic hydroxyl groups is 1. The fourth-order valence-corrected chi connectivity index (χ4v) is 2.95. The minimum atomic E-state index is -0.389. The summed E-state index contributed by atoms with van der Waals surface area (Å²) in [4.78, 5) is 14.4. The number of nitrogens with one attached hydrogen (secondary N) is 2. The highest BCUT2D eigenvalue weighted by atomic mass is 16.3. The third kappa shape index (κ3) is 5.84. The van der Waals surface area contributed by atoms with Gasteiger partial charge in [-0.15, -0.1) is 0 Å². The van der Waals surface area contributed by atoms with Gasteiger partial charge in [-0.25, -0.2) is 4.79 Å². The molecule has 2 amide bonds. The summed E-state index contributed by atoms with van der Waals surface area (Å²) in [6.45, 7) is 7.07. The van der Waals surface area contributed by atoms with Crippen LogP contribution in [0.1, 0.15) is 43.4 Å². The fraction of sp³-hybridized carbons (Fsp3) is 0.611. The Labute approximate surface area is 139 Å². The molecule has 2 rings (SSSR count). The highest BCUT2D eigenvalue weighted by Gasteiger charge is 2.23. The van der Waals surface area contributed by atoms with Crippen LogP contribution in [0, 0.1) is 6.92 Å². The van der Waals surface area contributed by atoms with Gasteiger partial charge in [0.05, 0.1) is 12.1 Å². The minimum Gasteiger partial charge on any atom is -0.393 e. The Morgan fingerprint density at radius 3 is 2.48 bits per heavy atom. The maximum atomic E-state index is 11.9. The molecule has 2 atom stereocenters. The first kappa shape index (κ1) is 17.8. The van der Waals surface area contributed by atoms with Crippen LogP contribution in [-0.4, -0.2) is 48.3 Å². The first-order valence-electron chi connectivity index (χ1n) is 8.56. The van der Waals surface area contributed by atoms with E-state index in [2.05, 4.69) is 46.7 Å². The molecule has 128 valence electrons. The molecule has 5 heteroatoms. The van der Waals surface area contributed by atoms with Crippen LogP contribution in [0.5, 0.6) is 0 Å². The lowest BCUT2D eigenvalue weighted by Crippen LogP contribution is -2.42. The van der Waals surface area contributed by atoms with Crippen LogP contribution in [0.4, 0.5) is 4.79 Å². The van der Waals surface area contributed by atoms with Crippen LogP contribution < -0.4 is 10.6 Å². The SMILES string of the molecule is Cc1ccc(C(CNC(=O)NCCC(C)O)N2CCCC2)cc1. The summed E-state index contributed by atoms with van der Waals surface area (Å²) in [5, 5.41) is 15.0. The Morgan fingerprint density at radius 2 is 1.87 bits per heavy atom. The van der Waals surface area contributed by atoms with E-state index in [0.29, 0.717) is 19.5 Å². The van der Waals surface area contributed by atoms with Crippen molar-refractivity contribution in [3.8, 4) is 0 Å². The lowest BCUT2D eigenvalue weighted by atomic mass is 10.0. The van der Waals surface area contributed by atoms with Crippen molar-refractivity contribution in [3.05, 3.63) is 35.4 Å². The molecule has 0 saturated carbocycles. The number of hydrogen-bond acceptors (Lipinski definition) is 3. The average molecular weight is 319 g/mol. The third-order valence-corrected chi connectivity index (χ3v) is 4.35. The van der Waals surface area contributed by atoms with Crippen LogP contribution in [0.15, 0.2) is 24.3 Å². The molecule has 1 saturated heterocycles. The highest BCUT2D eigenvalue weighted by Crippen LogP contribution is 2.24. The number of rotatable bonds is 7. The molecule has 23 heavy (non-hydrogen) atoms. The van der Waals surface area contributed by atoms with Crippen molar-refractivity contribution in [2.75, 3.05) is 26.2 Å². The molecular weight excluding hydrogens is 290 g/mol. The van der Waals surface area contributed by atoms with Gasteiger partial charge in [-0.1, -0.05) is 29.8 Å². The van der Waals surface area contributed by atoms with E-state index in [0.717, 1.165) is 13.1 Å². The highest BCUT2D eigenvalue weighted by molar-refractivity contribution is 5.73. The van der Waals surface area contributed by atoms with E-state index in [1.807, 2.05) is 0 Å². The Morgan fingerprint density at radius 1 is 1.22 bits per heavy atom. The monoisotopic (exact) mass is 319 g/mol. The zero-order valence-corrected chi connectivity index (χ0v) is 14.2. The molecule has 1 aromatic rings. The number of aryl methyl sites for hydroxylation is 1. The number of aliphatic hydroxyl groups excluding tert-OH is 1. The van der Waals surface area contributed by atoms with Crippen molar-refractivity contribution >= 4 is 6.03 Å². The van der Waals surface area contributed by atoms with E-state index in [-0.39, 0.29) is 18.2 Å². The van der Waals surface area contributed by atoms with Crippen molar-refractivity contribution in [1.29, 1.82) is 0 Å². The van der Waals surface area contributed by atoms with Gasteiger partial charge in [-0.05, 0) is 51.8 Å². The largest absolute Gasteiger partial charge is 0.393 e. The van der Waals surface area contributed by atoms with Crippen LogP contribution >= 0.6 is 0 Å². The van der Waals surface area contributed by atoms with Gasteiger partial charge in [0.1, 0.15) is 0 Å². The number of benzene rings is 1. The van der Waals surface area contributed by atoms with Crippen molar-refractivity contribution in [3.63, 3.8) is 0 Å². The standard InChI is InChI=1S/C18H29N3O2/c1-14-5-7-16(8-6-14)17(21-11-3-4-12-21)13-20-18(23)19-10-9-15(2)22/h5-8,15,17,22H,3-4,9-13H2,1-2H3,(H2,19,20,23). The summed E-state index contributed by atoms with van der Waals surface area (Å²) < 4.78 is 0. The van der Waals surface area contributed by atoms with E-state index in [1.54, 1.807) is 6.92 Å². The maximum Gasteiger partial charge on any atom is 0.314 e. The summed E-state index contributed by atoms with van der Waals surface area (Å²) in [5.41, 5.74) is 2.50. The normalized spacial score (nSPS) is 17.7. The average Bonchev–Trinajstić information content (AvgIpc) is 3.03. The first-order valence-corrected chi connectivity index (χ1v) is 8.56. The predicted octanol–water partition coefficient (Wildman–Crippen LogP) is 2.20. The number of urea groups is 1. The topological polar surface area (TPSA) is 64.6 Å². The second-order valence-corrected chi connectivity index (χ2v) is 6.44. The van der Waals surface area contributed by atoms with E-state index < -0.39 is 0 Å². The summed E-state index contributed by atoms with van der Waals surface area (Å²) >= 11 is 0. The Hall–Kier alpha value is -1.59. The molecule has 1 fully saturated rings. The molecule has 0 bridgehead atoms. The number of carbonyl (C=O) groups is 1. The predicted molar refractivity (Wildman–Crippen MR) is 92.4 cm³/mol. The van der Waals surface area contributed by atoms with Crippen molar-refractivity contribution < 1.29 is 9.90 Å². The fourth-order valence-electron chi connectivity index (χ4n) is 2.95. The van der Waals surface area contributed by atoms with Crippen LogP contribution in [0.3, 0.4) is 0 Å². The molecule has 3 N–H and O–H groups in total. The minimum absolute atomic E-state index is 0.165. The Balaban J connectivity index is 1.90. The third-order valence-electron chi connectivity index (χ3n) is 4.35. The van der Waals surface area contributed by atoms with Crippen molar-refractivity contribution in [2.24, 2.45) is 0 Å². The molecule has 0 aliphatic carbocycles. The smallest absolute Gasteiger partial charge is 0.314 e. The molecule has 0 aromatic heterocycles. The van der Waals surface area contributed by atoms with Crippen molar-refractivity contribution in [2.45, 2.75) is 45.3 Å². The lowest BCUT2D eigenvalue weighted by molar-refractivity contribution is 0.182. The molecule has 1 aliphatic heterocycles. The van der Waals surface area contributed by atoms with Gasteiger partial charge in [0, 0.05) is 13.1 Å². The van der Waals surface area contributed by atoms with Gasteiger partial charge in [0.15, 0.2) is 0 Å². The van der Waals surface area contributed by atoms with Gasteiger partial charge >= 0.3 is 6.03 Å². The summed E-state index contributed by atoms with van der Waals surface area (Å²) in [6, 6.07) is 8.63. The van der Waals surface area contributed by atoms with Crippen LogP contribution in [0.25, 0.3) is 0 Å². The van der Waals surface area contributed by atoms with E-state index in [9.17, 15) is 9.90 Å². The number of hydrogen-bond donors (Lipinski definition) is 3. The maximum absolute atomic E-state index is 11.9. The number of carbonyl (C=O) groups excluding carboxylic acids is 1. The van der Waals surface area contributed by atoms with E-state index >= 15 is 0 Å². The zero-order valence-electron chi connectivity index (χ0n) is 14.2. The Kier molecular flexibility index (Phi) is 6.86. The zero-order chi connectivity index (χ0) is 16.7. The second-order valence-electron chi connectivity index (χ2n) is 6.44. The number of likely N-dealkylation sites (tertiary alicyclic amines) is 1. The van der Waals surface area contributed by atoms with Crippen molar-refractivity contribution in [1.82, 2.24) is 15.5 Å². The lowest BCUT2D eigenvalue weighted by Gasteiger charge is -2.28. The second kappa shape index (κ2) is 8.89. The van der Waals surface area contributed by atoms with E-state index in [1.165, 1.54) is 24.0 Å². The first-order chi connectivity index (χ1) is 11.1. The van der Waals surface area contributed by atoms with Gasteiger partial charge in [-0.3, -0.25) is 4.90 Å². The van der Waals surface area contributed by atoms with Gasteiger partial charge in [-0.2, -0.15) is 0 Å². The molecule has 1 aliphatic rings. The van der Waals surface area contributed by atoms with Gasteiger partial charge in [0.25, 0.3) is 0 Å². The number of amides is 2. The van der Waals surface area contributed by atoms with Gasteiger partial charge < -0.3 is 15.7 Å². The molecule has 5 nitrogen and oxygen atoms in total. The van der Waals surface area contributed by atoms with E-state index in [4.69, 9.17) is 0 Å². The quantitative estimate of drug-likeness (QED) is 0.722. The summed E-state index contributed by atoms with van der Waals surface area (Å²) in [5.74, 6) is 0. The summed E-state index contributed by atoms with van der Waals surface area (Å²) in [6.07, 6.45) is 2.63. The van der Waals surface area contributed by atoms with Gasteiger partial charge in [0.2, 0.25) is 0 Å². The molecule has 2 unspecified atom stereocenters. The molecule has 1 aromatic carbocycles. The molecule has 1 heterocycles. The molecular formula is C18H29N3O2. The summed E-state index contributed by atoms with van der Waals surface area (Å²) in [7, 11) is 0.